The minimum absolute atomic E-state index is 0.0775. The summed E-state index contributed by atoms with van der Waals surface area (Å²) in [6, 6.07) is 0. The summed E-state index contributed by atoms with van der Waals surface area (Å²) in [5, 5.41) is 9.01. The second-order valence-electron chi connectivity index (χ2n) is 4.18. The Kier molecular flexibility index (Phi) is 3.37. The largest absolute Gasteiger partial charge is 0.396 e. The molecule has 1 heteroatoms. The zero-order valence-electron chi connectivity index (χ0n) is 7.81. The van der Waals surface area contributed by atoms with Crippen LogP contribution >= 0.6 is 0 Å². The molecule has 0 aromatic rings. The summed E-state index contributed by atoms with van der Waals surface area (Å²) in [7, 11) is 0. The quantitative estimate of drug-likeness (QED) is 0.644. The predicted octanol–water partition coefficient (Wildman–Crippen LogP) is 2.30. The molecule has 0 saturated carbocycles. The van der Waals surface area contributed by atoms with Gasteiger partial charge in [0, 0.05) is 6.61 Å². The van der Waals surface area contributed by atoms with E-state index < -0.39 is 0 Å². The van der Waals surface area contributed by atoms with Crippen molar-refractivity contribution >= 4 is 0 Å². The fourth-order valence-electron chi connectivity index (χ4n) is 1.05. The molecule has 10 heavy (non-hydrogen) atoms. The van der Waals surface area contributed by atoms with Crippen molar-refractivity contribution in [1.29, 1.82) is 0 Å². The Bertz CT molecular complexity index is 94.9. The molecule has 0 aliphatic heterocycles. The normalized spacial score (nSPS) is 15.9. The molecule has 0 fully saturated rings. The summed E-state index contributed by atoms with van der Waals surface area (Å²) in [6.45, 7) is 11.1. The van der Waals surface area contributed by atoms with Crippen molar-refractivity contribution in [1.82, 2.24) is 0 Å². The molecule has 0 bridgehead atoms. The predicted molar refractivity (Wildman–Crippen MR) is 44.9 cm³/mol. The smallest absolute Gasteiger partial charge is 0.0484 e. The summed E-state index contributed by atoms with van der Waals surface area (Å²) in [5.41, 5.74) is 0.0775. The molecule has 0 aromatic carbocycles. The van der Waals surface area contributed by atoms with Crippen molar-refractivity contribution in [3.8, 4) is 0 Å². The molecule has 0 amide bonds. The van der Waals surface area contributed by atoms with Gasteiger partial charge in [-0.1, -0.05) is 34.6 Å². The number of aliphatic hydroxyl groups excluding tert-OH is 1. The molecule has 62 valence electrons. The molecule has 1 N–H and O–H groups in total. The molecule has 0 saturated heterocycles. The van der Waals surface area contributed by atoms with Crippen LogP contribution in [0.1, 0.15) is 34.6 Å². The third-order valence-electron chi connectivity index (χ3n) is 2.64. The molecule has 0 heterocycles. The Morgan fingerprint density at radius 3 is 1.70 bits per heavy atom. The zero-order valence-corrected chi connectivity index (χ0v) is 7.81. The van der Waals surface area contributed by atoms with Crippen LogP contribution < -0.4 is 0 Å². The maximum Gasteiger partial charge on any atom is 0.0484 e. The van der Waals surface area contributed by atoms with E-state index in [1.165, 1.54) is 0 Å². The van der Waals surface area contributed by atoms with E-state index >= 15 is 0 Å². The summed E-state index contributed by atoms with van der Waals surface area (Å²) in [6.07, 6.45) is 0. The van der Waals surface area contributed by atoms with Crippen molar-refractivity contribution in [2.24, 2.45) is 17.3 Å². The third-order valence-corrected chi connectivity index (χ3v) is 2.64. The van der Waals surface area contributed by atoms with Gasteiger partial charge in [0.1, 0.15) is 0 Å². The van der Waals surface area contributed by atoms with Crippen LogP contribution in [0.5, 0.6) is 0 Å². The van der Waals surface area contributed by atoms with E-state index in [0.717, 1.165) is 0 Å². The van der Waals surface area contributed by atoms with Crippen LogP contribution in [0.25, 0.3) is 0 Å². The number of hydrogen-bond acceptors (Lipinski definition) is 1. The van der Waals surface area contributed by atoms with Crippen molar-refractivity contribution < 1.29 is 5.11 Å². The first-order chi connectivity index (χ1) is 4.41. The van der Waals surface area contributed by atoms with Crippen LogP contribution in [-0.4, -0.2) is 11.7 Å². The van der Waals surface area contributed by atoms with Crippen molar-refractivity contribution in [3.63, 3.8) is 0 Å². The van der Waals surface area contributed by atoms with Crippen LogP contribution in [0.4, 0.5) is 0 Å². The first-order valence-electron chi connectivity index (χ1n) is 4.02. The van der Waals surface area contributed by atoms with Crippen LogP contribution in [0.2, 0.25) is 0 Å². The van der Waals surface area contributed by atoms with Gasteiger partial charge in [0.2, 0.25) is 0 Å². The van der Waals surface area contributed by atoms with E-state index in [2.05, 4.69) is 34.6 Å². The minimum atomic E-state index is 0.0775. The van der Waals surface area contributed by atoms with Crippen LogP contribution in [0, 0.1) is 17.3 Å². The number of rotatable bonds is 3. The topological polar surface area (TPSA) is 20.2 Å². The van der Waals surface area contributed by atoms with Crippen molar-refractivity contribution in [2.75, 3.05) is 6.61 Å². The number of hydrogen-bond donors (Lipinski definition) is 1. The summed E-state index contributed by atoms with van der Waals surface area (Å²) in [4.78, 5) is 0. The lowest BCUT2D eigenvalue weighted by molar-refractivity contribution is 0.0803. The lowest BCUT2D eigenvalue weighted by Crippen LogP contribution is -2.29. The molecule has 0 rings (SSSR count). The Balaban J connectivity index is 4.03. The third kappa shape index (κ3) is 2.30. The van der Waals surface area contributed by atoms with Gasteiger partial charge in [-0.25, -0.2) is 0 Å². The zero-order chi connectivity index (χ0) is 8.36. The van der Waals surface area contributed by atoms with Crippen molar-refractivity contribution in [3.05, 3.63) is 0 Å². The average Bonchev–Trinajstić information content (AvgIpc) is 1.86. The second-order valence-corrected chi connectivity index (χ2v) is 4.18. The van der Waals surface area contributed by atoms with Gasteiger partial charge < -0.3 is 5.11 Å². The Morgan fingerprint density at radius 1 is 1.20 bits per heavy atom. The Hall–Kier alpha value is -0.0400. The SMILES string of the molecule is CC(C)[C@@H](C)C(C)(C)CO. The first-order valence-corrected chi connectivity index (χ1v) is 4.02. The van der Waals surface area contributed by atoms with E-state index in [1.807, 2.05) is 0 Å². The molecule has 1 atom stereocenters. The fraction of sp³-hybridized carbons (Fsp3) is 1.00. The lowest BCUT2D eigenvalue weighted by atomic mass is 9.75. The van der Waals surface area contributed by atoms with E-state index in [4.69, 9.17) is 5.11 Å². The highest BCUT2D eigenvalue weighted by atomic mass is 16.3. The van der Waals surface area contributed by atoms with Gasteiger partial charge in [0.15, 0.2) is 0 Å². The molecule has 0 aromatic heterocycles. The Labute approximate surface area is 64.5 Å². The van der Waals surface area contributed by atoms with Crippen LogP contribution in [0.15, 0.2) is 0 Å². The fourth-order valence-corrected chi connectivity index (χ4v) is 1.05. The highest BCUT2D eigenvalue weighted by Gasteiger charge is 2.26. The van der Waals surface area contributed by atoms with E-state index in [9.17, 15) is 0 Å². The monoisotopic (exact) mass is 144 g/mol. The second kappa shape index (κ2) is 3.38. The maximum atomic E-state index is 9.01. The standard InChI is InChI=1S/C9H20O/c1-7(2)8(3)9(4,5)6-10/h7-8,10H,6H2,1-5H3/t8-/m1/s1. The van der Waals surface area contributed by atoms with Crippen LogP contribution in [0.3, 0.4) is 0 Å². The molecule has 0 aliphatic rings. The lowest BCUT2D eigenvalue weighted by Gasteiger charge is -2.32. The van der Waals surface area contributed by atoms with E-state index in [1.54, 1.807) is 0 Å². The van der Waals surface area contributed by atoms with Gasteiger partial charge in [0.25, 0.3) is 0 Å². The van der Waals surface area contributed by atoms with Gasteiger partial charge in [-0.3, -0.25) is 0 Å². The first kappa shape index (κ1) is 9.96. The maximum absolute atomic E-state index is 9.01. The van der Waals surface area contributed by atoms with Crippen molar-refractivity contribution in [2.45, 2.75) is 34.6 Å². The minimum Gasteiger partial charge on any atom is -0.396 e. The molecule has 0 spiro atoms. The number of aliphatic hydroxyl groups is 1. The molecule has 0 radical (unpaired) electrons. The van der Waals surface area contributed by atoms with Gasteiger partial charge >= 0.3 is 0 Å². The molecular formula is C9H20O. The summed E-state index contributed by atoms with van der Waals surface area (Å²) in [5.74, 6) is 1.24. The van der Waals surface area contributed by atoms with Gasteiger partial charge in [-0.15, -0.1) is 0 Å². The highest BCUT2D eigenvalue weighted by molar-refractivity contribution is 4.75. The Morgan fingerprint density at radius 2 is 1.60 bits per heavy atom. The molecule has 1 nitrogen and oxygen atoms in total. The summed E-state index contributed by atoms with van der Waals surface area (Å²) < 4.78 is 0. The van der Waals surface area contributed by atoms with Crippen LogP contribution in [-0.2, 0) is 0 Å². The van der Waals surface area contributed by atoms with Gasteiger partial charge in [0.05, 0.1) is 0 Å². The van der Waals surface area contributed by atoms with Gasteiger partial charge in [-0.2, -0.15) is 0 Å². The molecule has 0 aliphatic carbocycles. The summed E-state index contributed by atoms with van der Waals surface area (Å²) >= 11 is 0. The molecule has 0 unspecified atom stereocenters. The van der Waals surface area contributed by atoms with Gasteiger partial charge in [-0.05, 0) is 17.3 Å². The van der Waals surface area contributed by atoms with E-state index in [0.29, 0.717) is 11.8 Å². The highest BCUT2D eigenvalue weighted by Crippen LogP contribution is 2.31. The van der Waals surface area contributed by atoms with E-state index in [-0.39, 0.29) is 12.0 Å². The molecular weight excluding hydrogens is 124 g/mol. The average molecular weight is 144 g/mol.